The van der Waals surface area contributed by atoms with Crippen LogP contribution in [0.1, 0.15) is 0 Å². The first kappa shape index (κ1) is 12.3. The number of nitrogens with zero attached hydrogens (tertiary/aromatic N) is 1. The molecular weight excluding hydrogens is 248 g/mol. The van der Waals surface area contributed by atoms with Gasteiger partial charge in [-0.05, 0) is 0 Å². The number of nitro benzene ring substituents is 1. The lowest BCUT2D eigenvalue weighted by Gasteiger charge is -2.04. The summed E-state index contributed by atoms with van der Waals surface area (Å²) in [5.74, 6) is -3.64. The molecule has 16 heavy (non-hydrogen) atoms. The van der Waals surface area contributed by atoms with E-state index in [1.54, 1.807) is 0 Å². The van der Waals surface area contributed by atoms with Crippen molar-refractivity contribution in [2.75, 3.05) is 6.26 Å². The van der Waals surface area contributed by atoms with Gasteiger partial charge in [0.1, 0.15) is 0 Å². The summed E-state index contributed by atoms with van der Waals surface area (Å²) >= 11 is 0. The zero-order valence-electron chi connectivity index (χ0n) is 7.81. The molecule has 0 heterocycles. The third kappa shape index (κ3) is 2.86. The molecule has 0 aliphatic carbocycles. The quantitative estimate of drug-likeness (QED) is 0.459. The number of hydrogen-bond acceptors (Lipinski definition) is 5. The molecule has 1 aromatic rings. The van der Waals surface area contributed by atoms with Gasteiger partial charge in [-0.3, -0.25) is 10.1 Å². The van der Waals surface area contributed by atoms with Gasteiger partial charge in [0.05, 0.1) is 17.2 Å². The van der Waals surface area contributed by atoms with E-state index in [9.17, 15) is 27.3 Å². The Bertz CT molecular complexity index is 542. The average molecular weight is 253 g/mol. The zero-order valence-corrected chi connectivity index (χ0v) is 8.62. The third-order valence-electron chi connectivity index (χ3n) is 1.44. The van der Waals surface area contributed by atoms with Crippen molar-refractivity contribution in [3.8, 4) is 5.75 Å². The van der Waals surface area contributed by atoms with Gasteiger partial charge in [0.2, 0.25) is 5.82 Å². The molecule has 1 rings (SSSR count). The maximum Gasteiger partial charge on any atom is 0.307 e. The SMILES string of the molecule is CS(=O)(=O)Oc1cc(F)c([N+](=O)[O-])cc1F. The van der Waals surface area contributed by atoms with Crippen LogP contribution in [0.25, 0.3) is 0 Å². The lowest BCUT2D eigenvalue weighted by atomic mass is 10.3. The molecule has 0 N–H and O–H groups in total. The van der Waals surface area contributed by atoms with Crippen LogP contribution >= 0.6 is 0 Å². The maximum absolute atomic E-state index is 13.1. The van der Waals surface area contributed by atoms with Crippen LogP contribution in [0.4, 0.5) is 14.5 Å². The van der Waals surface area contributed by atoms with Crippen LogP contribution in [-0.2, 0) is 10.1 Å². The van der Waals surface area contributed by atoms with E-state index < -0.39 is 38.1 Å². The summed E-state index contributed by atoms with van der Waals surface area (Å²) in [5.41, 5.74) is -1.10. The highest BCUT2D eigenvalue weighted by atomic mass is 32.2. The van der Waals surface area contributed by atoms with Crippen LogP contribution in [0.5, 0.6) is 5.75 Å². The number of halogens is 2. The minimum absolute atomic E-state index is 0.246. The highest BCUT2D eigenvalue weighted by Gasteiger charge is 2.21. The van der Waals surface area contributed by atoms with Gasteiger partial charge >= 0.3 is 15.8 Å². The van der Waals surface area contributed by atoms with Crippen molar-refractivity contribution in [1.29, 1.82) is 0 Å². The van der Waals surface area contributed by atoms with Crippen LogP contribution in [-0.4, -0.2) is 19.6 Å². The average Bonchev–Trinajstić information content (AvgIpc) is 2.07. The van der Waals surface area contributed by atoms with Crippen molar-refractivity contribution < 1.29 is 26.3 Å². The second kappa shape index (κ2) is 4.00. The number of hydrogen-bond donors (Lipinski definition) is 0. The smallest absolute Gasteiger partial charge is 0.307 e. The van der Waals surface area contributed by atoms with E-state index >= 15 is 0 Å². The topological polar surface area (TPSA) is 86.5 Å². The van der Waals surface area contributed by atoms with Crippen molar-refractivity contribution in [3.05, 3.63) is 33.9 Å². The summed E-state index contributed by atoms with van der Waals surface area (Å²) in [7, 11) is -4.03. The van der Waals surface area contributed by atoms with E-state index in [0.29, 0.717) is 12.3 Å². The summed E-state index contributed by atoms with van der Waals surface area (Å²) in [5, 5.41) is 10.2. The summed E-state index contributed by atoms with van der Waals surface area (Å²) < 4.78 is 51.4. The molecule has 0 aliphatic rings. The van der Waals surface area contributed by atoms with Crippen molar-refractivity contribution in [2.24, 2.45) is 0 Å². The Morgan fingerprint density at radius 2 is 1.88 bits per heavy atom. The van der Waals surface area contributed by atoms with E-state index in [0.717, 1.165) is 0 Å². The zero-order chi connectivity index (χ0) is 12.5. The standard InChI is InChI=1S/C7H5F2NO5S/c1-16(13,14)15-7-3-4(8)6(10(11)12)2-5(7)9/h2-3H,1H3. The van der Waals surface area contributed by atoms with Gasteiger partial charge in [-0.2, -0.15) is 12.8 Å². The first-order chi connectivity index (χ1) is 7.20. The number of rotatable bonds is 3. The van der Waals surface area contributed by atoms with Crippen LogP contribution in [0, 0.1) is 21.7 Å². The molecule has 0 bridgehead atoms. The molecule has 0 saturated carbocycles. The molecule has 0 radical (unpaired) electrons. The van der Waals surface area contributed by atoms with Crippen molar-refractivity contribution in [1.82, 2.24) is 0 Å². The lowest BCUT2D eigenvalue weighted by molar-refractivity contribution is -0.387. The predicted molar refractivity (Wildman–Crippen MR) is 48.5 cm³/mol. The van der Waals surface area contributed by atoms with Gasteiger partial charge in [0, 0.05) is 6.07 Å². The Morgan fingerprint density at radius 3 is 2.31 bits per heavy atom. The first-order valence-corrected chi connectivity index (χ1v) is 5.55. The van der Waals surface area contributed by atoms with E-state index in [1.165, 1.54) is 0 Å². The summed E-state index contributed by atoms with van der Waals surface area (Å²) in [6, 6.07) is 0.546. The molecule has 88 valence electrons. The molecule has 0 saturated heterocycles. The normalized spacial score (nSPS) is 11.2. The van der Waals surface area contributed by atoms with E-state index in [1.807, 2.05) is 0 Å². The Hall–Kier alpha value is -1.77. The first-order valence-electron chi connectivity index (χ1n) is 3.73. The fraction of sp³-hybridized carbons (Fsp3) is 0.143. The van der Waals surface area contributed by atoms with Crippen molar-refractivity contribution in [3.63, 3.8) is 0 Å². The molecule has 0 amide bonds. The van der Waals surface area contributed by atoms with Gasteiger partial charge in [-0.1, -0.05) is 0 Å². The van der Waals surface area contributed by atoms with E-state index in [2.05, 4.69) is 4.18 Å². The van der Waals surface area contributed by atoms with Crippen molar-refractivity contribution in [2.45, 2.75) is 0 Å². The fourth-order valence-electron chi connectivity index (χ4n) is 0.885. The lowest BCUT2D eigenvalue weighted by Crippen LogP contribution is -2.08. The second-order valence-electron chi connectivity index (χ2n) is 2.78. The number of benzene rings is 1. The molecule has 6 nitrogen and oxygen atoms in total. The Morgan fingerprint density at radius 1 is 1.31 bits per heavy atom. The molecule has 0 fully saturated rings. The molecule has 1 aromatic carbocycles. The van der Waals surface area contributed by atoms with Gasteiger partial charge in [0.25, 0.3) is 0 Å². The molecule has 9 heteroatoms. The largest absolute Gasteiger partial charge is 0.379 e. The maximum atomic E-state index is 13.1. The van der Waals surface area contributed by atoms with Crippen LogP contribution in [0.2, 0.25) is 0 Å². The van der Waals surface area contributed by atoms with Gasteiger partial charge < -0.3 is 4.18 Å². The van der Waals surface area contributed by atoms with E-state index in [4.69, 9.17) is 0 Å². The molecule has 0 unspecified atom stereocenters. The molecule has 0 atom stereocenters. The van der Waals surface area contributed by atoms with Crippen LogP contribution in [0.3, 0.4) is 0 Å². The highest BCUT2D eigenvalue weighted by molar-refractivity contribution is 7.86. The Kier molecular flexibility index (Phi) is 3.08. The summed E-state index contributed by atoms with van der Waals surface area (Å²) in [4.78, 5) is 9.07. The molecule has 0 spiro atoms. The minimum Gasteiger partial charge on any atom is -0.379 e. The van der Waals surface area contributed by atoms with Crippen LogP contribution < -0.4 is 4.18 Å². The fourth-order valence-corrected chi connectivity index (χ4v) is 1.34. The molecule has 0 aliphatic heterocycles. The van der Waals surface area contributed by atoms with E-state index in [-0.39, 0.29) is 6.07 Å². The molecular formula is C7H5F2NO5S. The predicted octanol–water partition coefficient (Wildman–Crippen LogP) is 1.21. The van der Waals surface area contributed by atoms with Gasteiger partial charge in [-0.15, -0.1) is 0 Å². The molecule has 0 aromatic heterocycles. The van der Waals surface area contributed by atoms with Crippen molar-refractivity contribution >= 4 is 15.8 Å². The Balaban J connectivity index is 3.26. The third-order valence-corrected chi connectivity index (χ3v) is 1.92. The highest BCUT2D eigenvalue weighted by Crippen LogP contribution is 2.26. The van der Waals surface area contributed by atoms with Gasteiger partial charge in [0.15, 0.2) is 11.6 Å². The summed E-state index contributed by atoms with van der Waals surface area (Å²) in [6.45, 7) is 0. The second-order valence-corrected chi connectivity index (χ2v) is 4.35. The Labute approximate surface area is 88.7 Å². The van der Waals surface area contributed by atoms with Gasteiger partial charge in [-0.25, -0.2) is 4.39 Å². The minimum atomic E-state index is -4.03. The number of nitro groups is 1. The van der Waals surface area contributed by atoms with Crippen LogP contribution in [0.15, 0.2) is 12.1 Å². The monoisotopic (exact) mass is 253 g/mol. The summed E-state index contributed by atoms with van der Waals surface area (Å²) in [6.07, 6.45) is 0.631.